The Kier molecular flexibility index (Phi) is 4.85. The minimum Gasteiger partial charge on any atom is -0.497 e. The molecule has 2 aromatic rings. The molecule has 1 N–H and O–H groups in total. The van der Waals surface area contributed by atoms with Crippen molar-refractivity contribution in [3.63, 3.8) is 0 Å². The van der Waals surface area contributed by atoms with Gasteiger partial charge in [-0.3, -0.25) is 0 Å². The first-order valence-electron chi connectivity index (χ1n) is 6.49. The molecule has 0 atom stereocenters. The zero-order valence-corrected chi connectivity index (χ0v) is 11.6. The molecule has 0 aliphatic heterocycles. The van der Waals surface area contributed by atoms with Crippen LogP contribution in [0.4, 0.5) is 13.2 Å². The van der Waals surface area contributed by atoms with Gasteiger partial charge in [-0.05, 0) is 29.3 Å². The van der Waals surface area contributed by atoms with Gasteiger partial charge in [0.1, 0.15) is 5.75 Å². The monoisotopic (exact) mass is 295 g/mol. The number of alkyl halides is 3. The lowest BCUT2D eigenvalue weighted by atomic mass is 10.1. The third-order valence-corrected chi connectivity index (χ3v) is 3.13. The maximum atomic E-state index is 12.8. The van der Waals surface area contributed by atoms with Crippen LogP contribution >= 0.6 is 0 Å². The highest BCUT2D eigenvalue weighted by Crippen LogP contribution is 2.31. The number of benzene rings is 2. The normalized spacial score (nSPS) is 11.4. The van der Waals surface area contributed by atoms with Crippen molar-refractivity contribution in [2.75, 3.05) is 7.11 Å². The van der Waals surface area contributed by atoms with Crippen molar-refractivity contribution in [2.24, 2.45) is 0 Å². The Bertz CT molecular complexity index is 579. The summed E-state index contributed by atoms with van der Waals surface area (Å²) in [7, 11) is 1.58. The Labute approximate surface area is 121 Å². The van der Waals surface area contributed by atoms with Crippen molar-refractivity contribution in [2.45, 2.75) is 19.3 Å². The van der Waals surface area contributed by atoms with Crippen LogP contribution in [-0.2, 0) is 19.3 Å². The van der Waals surface area contributed by atoms with Crippen LogP contribution in [0.25, 0.3) is 0 Å². The number of rotatable bonds is 5. The second kappa shape index (κ2) is 6.63. The second-order valence-corrected chi connectivity index (χ2v) is 4.61. The van der Waals surface area contributed by atoms with Crippen molar-refractivity contribution in [1.82, 2.24) is 5.32 Å². The van der Waals surface area contributed by atoms with Gasteiger partial charge in [0.15, 0.2) is 0 Å². The first-order valence-corrected chi connectivity index (χ1v) is 6.49. The molecule has 0 saturated heterocycles. The van der Waals surface area contributed by atoms with Crippen LogP contribution in [-0.4, -0.2) is 7.11 Å². The van der Waals surface area contributed by atoms with E-state index in [4.69, 9.17) is 4.74 Å². The highest BCUT2D eigenvalue weighted by molar-refractivity contribution is 5.30. The molecular weight excluding hydrogens is 279 g/mol. The van der Waals surface area contributed by atoms with Gasteiger partial charge in [0.05, 0.1) is 12.7 Å². The van der Waals surface area contributed by atoms with E-state index in [1.165, 1.54) is 12.1 Å². The van der Waals surface area contributed by atoms with Gasteiger partial charge in [-0.1, -0.05) is 30.3 Å². The molecule has 0 amide bonds. The Morgan fingerprint density at radius 2 is 1.62 bits per heavy atom. The SMILES string of the molecule is COc1ccc(CNCc2ccccc2C(F)(F)F)cc1. The molecule has 0 saturated carbocycles. The molecule has 2 rings (SSSR count). The summed E-state index contributed by atoms with van der Waals surface area (Å²) in [4.78, 5) is 0. The standard InChI is InChI=1S/C16H16F3NO/c1-21-14-8-6-12(7-9-14)10-20-11-13-4-2-3-5-15(13)16(17,18)19/h2-9,20H,10-11H2,1H3. The third-order valence-electron chi connectivity index (χ3n) is 3.13. The summed E-state index contributed by atoms with van der Waals surface area (Å²) in [6.07, 6.45) is -4.32. The lowest BCUT2D eigenvalue weighted by Gasteiger charge is -2.13. The van der Waals surface area contributed by atoms with Gasteiger partial charge in [-0.15, -0.1) is 0 Å². The number of methoxy groups -OCH3 is 1. The van der Waals surface area contributed by atoms with Gasteiger partial charge < -0.3 is 10.1 Å². The Morgan fingerprint density at radius 3 is 2.24 bits per heavy atom. The Balaban J connectivity index is 1.97. The van der Waals surface area contributed by atoms with Crippen LogP contribution in [0.5, 0.6) is 5.75 Å². The topological polar surface area (TPSA) is 21.3 Å². The zero-order chi connectivity index (χ0) is 15.3. The van der Waals surface area contributed by atoms with E-state index in [2.05, 4.69) is 5.32 Å². The molecule has 2 aromatic carbocycles. The average Bonchev–Trinajstić information content (AvgIpc) is 2.47. The van der Waals surface area contributed by atoms with E-state index in [1.807, 2.05) is 24.3 Å². The lowest BCUT2D eigenvalue weighted by Crippen LogP contribution is -2.17. The predicted molar refractivity (Wildman–Crippen MR) is 75.0 cm³/mol. The molecule has 0 aromatic heterocycles. The molecule has 0 bridgehead atoms. The summed E-state index contributed by atoms with van der Waals surface area (Å²) in [6.45, 7) is 0.665. The van der Waals surface area contributed by atoms with Crippen LogP contribution in [0.1, 0.15) is 16.7 Å². The van der Waals surface area contributed by atoms with E-state index >= 15 is 0 Å². The molecule has 5 heteroatoms. The number of hydrogen-bond acceptors (Lipinski definition) is 2. The van der Waals surface area contributed by atoms with Crippen molar-refractivity contribution in [3.8, 4) is 5.75 Å². The smallest absolute Gasteiger partial charge is 0.416 e. The molecule has 0 unspecified atom stereocenters. The average molecular weight is 295 g/mol. The number of ether oxygens (including phenoxy) is 1. The van der Waals surface area contributed by atoms with E-state index in [0.29, 0.717) is 6.54 Å². The summed E-state index contributed by atoms with van der Waals surface area (Å²) >= 11 is 0. The van der Waals surface area contributed by atoms with Gasteiger partial charge in [0.25, 0.3) is 0 Å². The summed E-state index contributed by atoms with van der Waals surface area (Å²) in [5.41, 5.74) is 0.644. The maximum absolute atomic E-state index is 12.8. The first-order chi connectivity index (χ1) is 10.0. The molecular formula is C16H16F3NO. The second-order valence-electron chi connectivity index (χ2n) is 4.61. The third kappa shape index (κ3) is 4.23. The molecule has 0 aliphatic rings. The molecule has 0 radical (unpaired) electrons. The van der Waals surface area contributed by atoms with E-state index in [0.717, 1.165) is 17.4 Å². The largest absolute Gasteiger partial charge is 0.497 e. The fourth-order valence-electron chi connectivity index (χ4n) is 2.04. The molecule has 112 valence electrons. The molecule has 0 spiro atoms. The van der Waals surface area contributed by atoms with Crippen LogP contribution in [0.3, 0.4) is 0 Å². The van der Waals surface area contributed by atoms with Crippen LogP contribution in [0.2, 0.25) is 0 Å². The van der Waals surface area contributed by atoms with Gasteiger partial charge in [0.2, 0.25) is 0 Å². The van der Waals surface area contributed by atoms with Gasteiger partial charge in [-0.25, -0.2) is 0 Å². The molecule has 21 heavy (non-hydrogen) atoms. The van der Waals surface area contributed by atoms with E-state index < -0.39 is 11.7 Å². The molecule has 0 aliphatic carbocycles. The molecule has 2 nitrogen and oxygen atoms in total. The minimum absolute atomic E-state index is 0.168. The number of hydrogen-bond donors (Lipinski definition) is 1. The molecule has 0 fully saturated rings. The predicted octanol–water partition coefficient (Wildman–Crippen LogP) is 4.00. The first kappa shape index (κ1) is 15.4. The quantitative estimate of drug-likeness (QED) is 0.900. The van der Waals surface area contributed by atoms with E-state index in [-0.39, 0.29) is 12.1 Å². The zero-order valence-electron chi connectivity index (χ0n) is 11.6. The Morgan fingerprint density at radius 1 is 0.952 bits per heavy atom. The van der Waals surface area contributed by atoms with Gasteiger partial charge in [-0.2, -0.15) is 13.2 Å². The van der Waals surface area contributed by atoms with E-state index in [1.54, 1.807) is 13.2 Å². The summed E-state index contributed by atoms with van der Waals surface area (Å²) in [5, 5.41) is 3.03. The summed E-state index contributed by atoms with van der Waals surface area (Å²) < 4.78 is 43.6. The minimum atomic E-state index is -4.32. The Hall–Kier alpha value is -2.01. The van der Waals surface area contributed by atoms with Crippen LogP contribution < -0.4 is 10.1 Å². The van der Waals surface area contributed by atoms with Gasteiger partial charge in [0, 0.05) is 13.1 Å². The maximum Gasteiger partial charge on any atom is 0.416 e. The molecule has 0 heterocycles. The number of nitrogens with one attached hydrogen (secondary N) is 1. The fraction of sp³-hybridized carbons (Fsp3) is 0.250. The van der Waals surface area contributed by atoms with Crippen LogP contribution in [0.15, 0.2) is 48.5 Å². The van der Waals surface area contributed by atoms with Gasteiger partial charge >= 0.3 is 6.18 Å². The number of halogens is 3. The van der Waals surface area contributed by atoms with Crippen molar-refractivity contribution < 1.29 is 17.9 Å². The lowest BCUT2D eigenvalue weighted by molar-refractivity contribution is -0.138. The highest BCUT2D eigenvalue weighted by Gasteiger charge is 2.32. The fourth-order valence-corrected chi connectivity index (χ4v) is 2.04. The summed E-state index contributed by atoms with van der Waals surface area (Å²) in [6, 6.07) is 13.0. The summed E-state index contributed by atoms with van der Waals surface area (Å²) in [5.74, 6) is 0.751. The van der Waals surface area contributed by atoms with Crippen molar-refractivity contribution in [1.29, 1.82) is 0 Å². The van der Waals surface area contributed by atoms with Crippen molar-refractivity contribution in [3.05, 3.63) is 65.2 Å². The highest BCUT2D eigenvalue weighted by atomic mass is 19.4. The van der Waals surface area contributed by atoms with Crippen LogP contribution in [0, 0.1) is 0 Å². The van der Waals surface area contributed by atoms with E-state index in [9.17, 15) is 13.2 Å². The van der Waals surface area contributed by atoms with Crippen molar-refractivity contribution >= 4 is 0 Å².